The average molecular weight is 183 g/mol. The van der Waals surface area contributed by atoms with Gasteiger partial charge in [-0.15, -0.1) is 0 Å². The lowest BCUT2D eigenvalue weighted by atomic mass is 10.2. The third kappa shape index (κ3) is 2.02. The molecule has 0 amide bonds. The van der Waals surface area contributed by atoms with E-state index in [-0.39, 0.29) is 5.92 Å². The maximum absolute atomic E-state index is 10.7. The molecule has 0 aromatic heterocycles. The van der Waals surface area contributed by atoms with Crippen LogP contribution in [0.3, 0.4) is 0 Å². The van der Waals surface area contributed by atoms with Gasteiger partial charge in [-0.3, -0.25) is 9.69 Å². The van der Waals surface area contributed by atoms with Crippen LogP contribution in [-0.2, 0) is 4.79 Å². The predicted octanol–water partition coefficient (Wildman–Crippen LogP) is 1.34. The van der Waals surface area contributed by atoms with Gasteiger partial charge in [-0.25, -0.2) is 0 Å². The summed E-state index contributed by atoms with van der Waals surface area (Å²) in [5.74, 6) is -0.660. The Hall–Kier alpha value is -0.570. The number of nitrogens with zero attached hydrogens (tertiary/aromatic N) is 1. The Bertz CT molecular complexity index is 197. The van der Waals surface area contributed by atoms with Gasteiger partial charge in [0.25, 0.3) is 0 Å². The average Bonchev–Trinajstić information content (AvgIpc) is 2.89. The number of aliphatic carboxylic acids is 1. The van der Waals surface area contributed by atoms with Crippen molar-refractivity contribution in [3.05, 3.63) is 0 Å². The Morgan fingerprint density at radius 1 is 1.15 bits per heavy atom. The van der Waals surface area contributed by atoms with Gasteiger partial charge in [0.05, 0.1) is 5.92 Å². The summed E-state index contributed by atoms with van der Waals surface area (Å²) in [4.78, 5) is 13.1. The summed E-state index contributed by atoms with van der Waals surface area (Å²) in [7, 11) is 0. The number of carbonyl (C=O) groups is 1. The van der Waals surface area contributed by atoms with Crippen LogP contribution in [0, 0.1) is 5.92 Å². The summed E-state index contributed by atoms with van der Waals surface area (Å²) >= 11 is 0. The number of rotatable bonds is 2. The number of hydrogen-bond acceptors (Lipinski definition) is 2. The van der Waals surface area contributed by atoms with Gasteiger partial charge in [-0.05, 0) is 32.4 Å². The van der Waals surface area contributed by atoms with E-state index < -0.39 is 5.97 Å². The van der Waals surface area contributed by atoms with Crippen molar-refractivity contribution in [3.63, 3.8) is 0 Å². The molecule has 74 valence electrons. The fourth-order valence-electron chi connectivity index (χ4n) is 2.28. The molecule has 1 saturated heterocycles. The Kier molecular flexibility index (Phi) is 2.54. The Balaban J connectivity index is 1.84. The van der Waals surface area contributed by atoms with E-state index in [0.29, 0.717) is 6.04 Å². The molecule has 13 heavy (non-hydrogen) atoms. The van der Waals surface area contributed by atoms with Crippen molar-refractivity contribution in [3.8, 4) is 0 Å². The molecular weight excluding hydrogens is 166 g/mol. The molecular formula is C10H17NO2. The van der Waals surface area contributed by atoms with Crippen molar-refractivity contribution in [2.45, 2.75) is 38.1 Å². The zero-order valence-corrected chi connectivity index (χ0v) is 7.91. The first-order valence-corrected chi connectivity index (χ1v) is 5.26. The van der Waals surface area contributed by atoms with Gasteiger partial charge in [0.2, 0.25) is 0 Å². The topological polar surface area (TPSA) is 40.5 Å². The quantitative estimate of drug-likeness (QED) is 0.702. The fourth-order valence-corrected chi connectivity index (χ4v) is 2.28. The second-order valence-electron chi connectivity index (χ2n) is 4.20. The molecule has 1 N–H and O–H groups in total. The van der Waals surface area contributed by atoms with Crippen LogP contribution >= 0.6 is 0 Å². The van der Waals surface area contributed by atoms with Crippen molar-refractivity contribution in [2.24, 2.45) is 5.92 Å². The molecule has 3 heteroatoms. The van der Waals surface area contributed by atoms with Crippen LogP contribution in [-0.4, -0.2) is 35.1 Å². The standard InChI is InChI=1S/C10H17NO2/c12-10(13)8-7-9(8)11-5-3-1-2-4-6-11/h8-9H,1-7H2,(H,12,13). The van der Waals surface area contributed by atoms with Crippen LogP contribution < -0.4 is 0 Å². The zero-order chi connectivity index (χ0) is 9.26. The second kappa shape index (κ2) is 3.66. The lowest BCUT2D eigenvalue weighted by molar-refractivity contribution is -0.139. The van der Waals surface area contributed by atoms with Gasteiger partial charge in [0.15, 0.2) is 0 Å². The first kappa shape index (κ1) is 9.00. The highest BCUT2D eigenvalue weighted by atomic mass is 16.4. The fraction of sp³-hybridized carbons (Fsp3) is 0.900. The lowest BCUT2D eigenvalue weighted by Crippen LogP contribution is -2.29. The van der Waals surface area contributed by atoms with E-state index in [1.165, 1.54) is 25.7 Å². The van der Waals surface area contributed by atoms with Crippen LogP contribution in [0.5, 0.6) is 0 Å². The highest BCUT2D eigenvalue weighted by molar-refractivity contribution is 5.74. The van der Waals surface area contributed by atoms with E-state index in [2.05, 4.69) is 4.90 Å². The molecule has 3 nitrogen and oxygen atoms in total. The number of likely N-dealkylation sites (tertiary alicyclic amines) is 1. The van der Waals surface area contributed by atoms with E-state index in [0.717, 1.165) is 19.5 Å². The molecule has 1 aliphatic heterocycles. The van der Waals surface area contributed by atoms with Crippen molar-refractivity contribution in [1.82, 2.24) is 4.90 Å². The molecule has 1 aliphatic carbocycles. The Morgan fingerprint density at radius 2 is 1.77 bits per heavy atom. The normalized spacial score (nSPS) is 35.4. The van der Waals surface area contributed by atoms with Crippen molar-refractivity contribution in [2.75, 3.05) is 13.1 Å². The van der Waals surface area contributed by atoms with Crippen LogP contribution in [0.2, 0.25) is 0 Å². The Labute approximate surface area is 78.7 Å². The maximum atomic E-state index is 10.7. The second-order valence-corrected chi connectivity index (χ2v) is 4.20. The van der Waals surface area contributed by atoms with E-state index in [1.54, 1.807) is 0 Å². The van der Waals surface area contributed by atoms with Crippen LogP contribution in [0.25, 0.3) is 0 Å². The summed E-state index contributed by atoms with van der Waals surface area (Å²) in [6.07, 6.45) is 6.03. The third-order valence-corrected chi connectivity index (χ3v) is 3.18. The summed E-state index contributed by atoms with van der Waals surface area (Å²) in [5, 5.41) is 8.80. The summed E-state index contributed by atoms with van der Waals surface area (Å²) in [6, 6.07) is 0.371. The van der Waals surface area contributed by atoms with E-state index in [4.69, 9.17) is 5.11 Å². The van der Waals surface area contributed by atoms with Crippen LogP contribution in [0.4, 0.5) is 0 Å². The van der Waals surface area contributed by atoms with Crippen molar-refractivity contribution >= 4 is 5.97 Å². The molecule has 2 rings (SSSR count). The highest BCUT2D eigenvalue weighted by Gasteiger charge is 2.46. The van der Waals surface area contributed by atoms with Crippen LogP contribution in [0.15, 0.2) is 0 Å². The summed E-state index contributed by atoms with van der Waals surface area (Å²) in [6.45, 7) is 2.24. The lowest BCUT2D eigenvalue weighted by Gasteiger charge is -2.18. The molecule has 2 atom stereocenters. The maximum Gasteiger partial charge on any atom is 0.308 e. The van der Waals surface area contributed by atoms with Gasteiger partial charge >= 0.3 is 5.97 Å². The highest BCUT2D eigenvalue weighted by Crippen LogP contribution is 2.36. The number of hydrogen-bond donors (Lipinski definition) is 1. The largest absolute Gasteiger partial charge is 0.481 e. The molecule has 0 bridgehead atoms. The first-order chi connectivity index (χ1) is 6.29. The van der Waals surface area contributed by atoms with Gasteiger partial charge in [-0.2, -0.15) is 0 Å². The SMILES string of the molecule is O=C(O)C1CC1N1CCCCCC1. The molecule has 0 aromatic rings. The predicted molar refractivity (Wildman–Crippen MR) is 49.6 cm³/mol. The molecule has 0 spiro atoms. The minimum Gasteiger partial charge on any atom is -0.481 e. The molecule has 1 heterocycles. The first-order valence-electron chi connectivity index (χ1n) is 5.26. The monoisotopic (exact) mass is 183 g/mol. The van der Waals surface area contributed by atoms with Gasteiger partial charge in [0, 0.05) is 6.04 Å². The molecule has 1 saturated carbocycles. The molecule has 2 aliphatic rings. The van der Waals surface area contributed by atoms with Crippen LogP contribution in [0.1, 0.15) is 32.1 Å². The van der Waals surface area contributed by atoms with Gasteiger partial charge in [-0.1, -0.05) is 12.8 Å². The van der Waals surface area contributed by atoms with E-state index >= 15 is 0 Å². The molecule has 0 radical (unpaired) electrons. The minimum atomic E-state index is -0.603. The van der Waals surface area contributed by atoms with Gasteiger partial charge in [0.1, 0.15) is 0 Å². The van der Waals surface area contributed by atoms with Gasteiger partial charge < -0.3 is 5.11 Å². The summed E-state index contributed by atoms with van der Waals surface area (Å²) in [5.41, 5.74) is 0. The minimum absolute atomic E-state index is 0.0573. The number of carboxylic acids is 1. The zero-order valence-electron chi connectivity index (χ0n) is 7.91. The number of carboxylic acid groups (broad SMARTS) is 1. The van der Waals surface area contributed by atoms with Crippen molar-refractivity contribution < 1.29 is 9.90 Å². The van der Waals surface area contributed by atoms with Crippen molar-refractivity contribution in [1.29, 1.82) is 0 Å². The Morgan fingerprint density at radius 3 is 2.23 bits per heavy atom. The summed E-state index contributed by atoms with van der Waals surface area (Å²) < 4.78 is 0. The third-order valence-electron chi connectivity index (χ3n) is 3.18. The van der Waals surface area contributed by atoms with E-state index in [9.17, 15) is 4.79 Å². The molecule has 0 aromatic carbocycles. The molecule has 2 fully saturated rings. The van der Waals surface area contributed by atoms with E-state index in [1.807, 2.05) is 0 Å². The molecule has 2 unspecified atom stereocenters. The smallest absolute Gasteiger partial charge is 0.308 e.